The van der Waals surface area contributed by atoms with Crippen LogP contribution in [0, 0.1) is 13.8 Å². The molecule has 0 bridgehead atoms. The first-order valence-electron chi connectivity index (χ1n) is 6.46. The van der Waals surface area contributed by atoms with Crippen LogP contribution < -0.4 is 4.74 Å². The fourth-order valence-electron chi connectivity index (χ4n) is 2.01. The SMILES string of the molecule is COCCOc1ccccc1C(O)c1sc(C)nc1C. The van der Waals surface area contributed by atoms with Crippen molar-refractivity contribution in [2.75, 3.05) is 20.3 Å². The Morgan fingerprint density at radius 1 is 1.25 bits per heavy atom. The van der Waals surface area contributed by atoms with E-state index in [0.717, 1.165) is 21.1 Å². The molecule has 20 heavy (non-hydrogen) atoms. The molecule has 0 saturated carbocycles. The largest absolute Gasteiger partial charge is 0.491 e. The minimum Gasteiger partial charge on any atom is -0.491 e. The van der Waals surface area contributed by atoms with Crippen molar-refractivity contribution in [3.63, 3.8) is 0 Å². The first kappa shape index (κ1) is 15.0. The van der Waals surface area contributed by atoms with Gasteiger partial charge in [-0.15, -0.1) is 11.3 Å². The quantitative estimate of drug-likeness (QED) is 0.832. The van der Waals surface area contributed by atoms with Crippen molar-refractivity contribution in [2.45, 2.75) is 20.0 Å². The molecule has 1 atom stereocenters. The van der Waals surface area contributed by atoms with Crippen molar-refractivity contribution in [2.24, 2.45) is 0 Å². The van der Waals surface area contributed by atoms with E-state index in [1.807, 2.05) is 38.1 Å². The van der Waals surface area contributed by atoms with Gasteiger partial charge in [-0.05, 0) is 19.9 Å². The first-order chi connectivity index (χ1) is 9.63. The number of methoxy groups -OCH3 is 1. The number of benzene rings is 1. The Hall–Kier alpha value is -1.43. The molecule has 0 aliphatic heterocycles. The Bertz CT molecular complexity index is 568. The van der Waals surface area contributed by atoms with E-state index in [2.05, 4.69) is 4.98 Å². The van der Waals surface area contributed by atoms with Gasteiger partial charge < -0.3 is 14.6 Å². The Kier molecular flexibility index (Phi) is 5.11. The van der Waals surface area contributed by atoms with Gasteiger partial charge in [0.25, 0.3) is 0 Å². The van der Waals surface area contributed by atoms with Crippen molar-refractivity contribution >= 4 is 11.3 Å². The third-order valence-corrected chi connectivity index (χ3v) is 4.07. The minimum absolute atomic E-state index is 0.459. The van der Waals surface area contributed by atoms with Crippen LogP contribution in [0.1, 0.15) is 27.2 Å². The predicted octanol–water partition coefficient (Wildman–Crippen LogP) is 2.87. The number of aromatic nitrogens is 1. The summed E-state index contributed by atoms with van der Waals surface area (Å²) in [6.07, 6.45) is -0.708. The van der Waals surface area contributed by atoms with Gasteiger partial charge in [0.1, 0.15) is 18.5 Å². The molecular formula is C15H19NO3S. The smallest absolute Gasteiger partial charge is 0.125 e. The predicted molar refractivity (Wildman–Crippen MR) is 79.5 cm³/mol. The molecule has 2 aromatic rings. The van der Waals surface area contributed by atoms with Crippen molar-refractivity contribution < 1.29 is 14.6 Å². The molecule has 0 amide bonds. The van der Waals surface area contributed by atoms with E-state index in [1.54, 1.807) is 7.11 Å². The van der Waals surface area contributed by atoms with Gasteiger partial charge in [-0.1, -0.05) is 18.2 Å². The highest BCUT2D eigenvalue weighted by Gasteiger charge is 2.20. The van der Waals surface area contributed by atoms with Gasteiger partial charge in [-0.25, -0.2) is 4.98 Å². The Morgan fingerprint density at radius 3 is 2.65 bits per heavy atom. The van der Waals surface area contributed by atoms with Crippen LogP contribution in [-0.2, 0) is 4.74 Å². The van der Waals surface area contributed by atoms with E-state index < -0.39 is 6.10 Å². The molecule has 0 radical (unpaired) electrons. The van der Waals surface area contributed by atoms with Crippen LogP contribution in [0.3, 0.4) is 0 Å². The standard InChI is InChI=1S/C15H19NO3S/c1-10-15(20-11(2)16-10)14(17)12-6-4-5-7-13(12)19-9-8-18-3/h4-7,14,17H,8-9H2,1-3H3. The highest BCUT2D eigenvalue weighted by Crippen LogP contribution is 2.34. The molecule has 0 aliphatic carbocycles. The molecule has 0 saturated heterocycles. The second-order valence-electron chi connectivity index (χ2n) is 4.46. The van der Waals surface area contributed by atoms with Gasteiger partial charge in [0.2, 0.25) is 0 Å². The van der Waals surface area contributed by atoms with Crippen molar-refractivity contribution in [3.05, 3.63) is 45.4 Å². The average Bonchev–Trinajstić information content (AvgIpc) is 2.78. The summed E-state index contributed by atoms with van der Waals surface area (Å²) in [5.41, 5.74) is 1.63. The molecule has 1 N–H and O–H groups in total. The minimum atomic E-state index is -0.708. The third kappa shape index (κ3) is 3.36. The van der Waals surface area contributed by atoms with E-state index in [1.165, 1.54) is 11.3 Å². The second-order valence-corrected chi connectivity index (χ2v) is 5.70. The highest BCUT2D eigenvalue weighted by atomic mass is 32.1. The molecular weight excluding hydrogens is 274 g/mol. The van der Waals surface area contributed by atoms with Crippen LogP contribution in [0.2, 0.25) is 0 Å². The molecule has 4 nitrogen and oxygen atoms in total. The summed E-state index contributed by atoms with van der Waals surface area (Å²) in [7, 11) is 1.63. The molecule has 1 heterocycles. The van der Waals surface area contributed by atoms with Crippen molar-refractivity contribution in [1.82, 2.24) is 4.98 Å². The fourth-order valence-corrected chi connectivity index (χ4v) is 2.95. The van der Waals surface area contributed by atoms with Crippen molar-refractivity contribution in [1.29, 1.82) is 0 Å². The zero-order valence-corrected chi connectivity index (χ0v) is 12.7. The lowest BCUT2D eigenvalue weighted by Crippen LogP contribution is -2.08. The molecule has 1 unspecified atom stereocenters. The molecule has 0 fully saturated rings. The number of nitrogens with zero attached hydrogens (tertiary/aromatic N) is 1. The molecule has 0 aliphatic rings. The summed E-state index contributed by atoms with van der Waals surface area (Å²) in [6.45, 7) is 4.83. The van der Waals surface area contributed by atoms with Gasteiger partial charge >= 0.3 is 0 Å². The van der Waals surface area contributed by atoms with E-state index in [-0.39, 0.29) is 0 Å². The number of thiazole rings is 1. The van der Waals surface area contributed by atoms with Gasteiger partial charge in [0, 0.05) is 12.7 Å². The Balaban J connectivity index is 2.25. The molecule has 1 aromatic carbocycles. The first-order valence-corrected chi connectivity index (χ1v) is 7.27. The van der Waals surface area contributed by atoms with Crippen LogP contribution in [0.25, 0.3) is 0 Å². The van der Waals surface area contributed by atoms with Gasteiger partial charge in [0.15, 0.2) is 0 Å². The number of hydrogen-bond donors (Lipinski definition) is 1. The van der Waals surface area contributed by atoms with Gasteiger partial charge in [-0.2, -0.15) is 0 Å². The van der Waals surface area contributed by atoms with Crippen LogP contribution in [0.5, 0.6) is 5.75 Å². The summed E-state index contributed by atoms with van der Waals surface area (Å²) in [5.74, 6) is 0.683. The number of para-hydroxylation sites is 1. The Labute approximate surface area is 123 Å². The third-order valence-electron chi connectivity index (χ3n) is 2.95. The Morgan fingerprint density at radius 2 is 2.00 bits per heavy atom. The maximum absolute atomic E-state index is 10.6. The van der Waals surface area contributed by atoms with Gasteiger partial charge in [-0.3, -0.25) is 0 Å². The van der Waals surface area contributed by atoms with E-state index in [4.69, 9.17) is 9.47 Å². The van der Waals surface area contributed by atoms with Crippen molar-refractivity contribution in [3.8, 4) is 5.75 Å². The molecule has 2 rings (SSSR count). The maximum atomic E-state index is 10.6. The van der Waals surface area contributed by atoms with E-state index in [9.17, 15) is 5.11 Å². The molecule has 5 heteroatoms. The fraction of sp³-hybridized carbons (Fsp3) is 0.400. The molecule has 0 spiro atoms. The van der Waals surface area contributed by atoms with E-state index in [0.29, 0.717) is 19.0 Å². The number of hydrogen-bond acceptors (Lipinski definition) is 5. The summed E-state index contributed by atoms with van der Waals surface area (Å²) in [6, 6.07) is 7.52. The molecule has 108 valence electrons. The average molecular weight is 293 g/mol. The zero-order chi connectivity index (χ0) is 14.5. The number of ether oxygens (including phenoxy) is 2. The number of aliphatic hydroxyl groups is 1. The number of aliphatic hydroxyl groups excluding tert-OH is 1. The lowest BCUT2D eigenvalue weighted by atomic mass is 10.1. The summed E-state index contributed by atoms with van der Waals surface area (Å²) < 4.78 is 10.6. The highest BCUT2D eigenvalue weighted by molar-refractivity contribution is 7.11. The summed E-state index contributed by atoms with van der Waals surface area (Å²) >= 11 is 1.51. The van der Waals surface area contributed by atoms with Crippen LogP contribution in [-0.4, -0.2) is 30.4 Å². The number of rotatable bonds is 6. The number of aryl methyl sites for hydroxylation is 2. The van der Waals surface area contributed by atoms with Crippen LogP contribution >= 0.6 is 11.3 Å². The van der Waals surface area contributed by atoms with Crippen LogP contribution in [0.15, 0.2) is 24.3 Å². The lowest BCUT2D eigenvalue weighted by Gasteiger charge is -2.15. The topological polar surface area (TPSA) is 51.6 Å². The lowest BCUT2D eigenvalue weighted by molar-refractivity contribution is 0.142. The summed E-state index contributed by atoms with van der Waals surface area (Å²) in [4.78, 5) is 5.23. The monoisotopic (exact) mass is 293 g/mol. The normalized spacial score (nSPS) is 12.4. The second kappa shape index (κ2) is 6.83. The zero-order valence-electron chi connectivity index (χ0n) is 11.9. The summed E-state index contributed by atoms with van der Waals surface area (Å²) in [5, 5.41) is 11.5. The maximum Gasteiger partial charge on any atom is 0.125 e. The van der Waals surface area contributed by atoms with Gasteiger partial charge in [0.05, 0.1) is 22.2 Å². The van der Waals surface area contributed by atoms with E-state index >= 15 is 0 Å². The van der Waals surface area contributed by atoms with Crippen LogP contribution in [0.4, 0.5) is 0 Å². The molecule has 1 aromatic heterocycles.